The molecule has 0 radical (unpaired) electrons. The summed E-state index contributed by atoms with van der Waals surface area (Å²) in [7, 11) is 0. The van der Waals surface area contributed by atoms with Crippen LogP contribution >= 0.6 is 0 Å². The van der Waals surface area contributed by atoms with Crippen molar-refractivity contribution in [1.82, 2.24) is 0 Å². The standard InChI is InChI=1S/C54H86O22/c1-24-34(59)37(62)39(64)45(71-24)75-43-35(60)28(57)20-69-47(43)74-33-12-13-50(5)31(51(33,6)23-55)11-14-53(8)32(50)10-9-26-27-19-49(3,4)15-17-54(27,18-16-52(26,53)7)48(67)76-46-40(65)38(63)36(61)30(73-46)22-70-44-41(66)42(72-25(2)56)29(58)21-68-44/h9,24,27-47,55,57-66H,10-23H2,1-8H3. The van der Waals surface area contributed by atoms with E-state index in [4.69, 9.17) is 42.6 Å². The van der Waals surface area contributed by atoms with E-state index in [0.717, 1.165) is 32.6 Å². The molecule has 27 unspecified atom stereocenters. The molecule has 9 rings (SSSR count). The molecule has 22 nitrogen and oxygen atoms in total. The molecule has 11 N–H and O–H groups in total. The first-order valence-corrected chi connectivity index (χ1v) is 27.5. The fourth-order valence-corrected chi connectivity index (χ4v) is 16.1. The number of carbonyl (C=O) groups excluding carboxylic acids is 2. The van der Waals surface area contributed by atoms with Crippen molar-refractivity contribution in [3.8, 4) is 0 Å². The fourth-order valence-electron chi connectivity index (χ4n) is 16.1. The Kier molecular flexibility index (Phi) is 16.5. The first-order chi connectivity index (χ1) is 35.6. The summed E-state index contributed by atoms with van der Waals surface area (Å²) in [5.41, 5.74) is -1.66. The van der Waals surface area contributed by atoms with Gasteiger partial charge in [-0.2, -0.15) is 0 Å². The highest BCUT2D eigenvalue weighted by Crippen LogP contribution is 2.76. The predicted molar refractivity (Wildman–Crippen MR) is 260 cm³/mol. The van der Waals surface area contributed by atoms with Gasteiger partial charge in [0.25, 0.3) is 0 Å². The van der Waals surface area contributed by atoms with Crippen LogP contribution in [0.2, 0.25) is 0 Å². The van der Waals surface area contributed by atoms with E-state index in [1.54, 1.807) is 0 Å². The van der Waals surface area contributed by atoms with Gasteiger partial charge in [0, 0.05) is 12.3 Å². The molecule has 4 aliphatic heterocycles. The Morgan fingerprint density at radius 1 is 0.645 bits per heavy atom. The maximum absolute atomic E-state index is 15.1. The number of rotatable bonds is 11. The highest BCUT2D eigenvalue weighted by molar-refractivity contribution is 5.79. The lowest BCUT2D eigenvalue weighted by molar-refractivity contribution is -0.365. The number of esters is 2. The van der Waals surface area contributed by atoms with Gasteiger partial charge < -0.3 is 98.8 Å². The lowest BCUT2D eigenvalue weighted by Crippen LogP contribution is -2.67. The highest BCUT2D eigenvalue weighted by atomic mass is 16.8. The minimum Gasteiger partial charge on any atom is -0.457 e. The molecule has 5 aliphatic carbocycles. The second kappa shape index (κ2) is 21.4. The van der Waals surface area contributed by atoms with Crippen molar-refractivity contribution in [2.24, 2.45) is 50.2 Å². The summed E-state index contributed by atoms with van der Waals surface area (Å²) in [4.78, 5) is 26.7. The molecule has 0 spiro atoms. The lowest BCUT2D eigenvalue weighted by atomic mass is 9.33. The summed E-state index contributed by atoms with van der Waals surface area (Å²) in [6.07, 6.45) is -18.4. The molecule has 4 saturated heterocycles. The normalized spacial score (nSPS) is 53.2. The van der Waals surface area contributed by atoms with E-state index in [2.05, 4.69) is 40.7 Å². The van der Waals surface area contributed by atoms with Crippen molar-refractivity contribution in [3.05, 3.63) is 11.6 Å². The maximum Gasteiger partial charge on any atom is 0.315 e. The van der Waals surface area contributed by atoms with Gasteiger partial charge in [0.15, 0.2) is 25.0 Å². The van der Waals surface area contributed by atoms with Crippen molar-refractivity contribution >= 4 is 11.9 Å². The Bertz CT molecular complexity index is 2130. The van der Waals surface area contributed by atoms with Gasteiger partial charge in [-0.1, -0.05) is 53.2 Å². The summed E-state index contributed by atoms with van der Waals surface area (Å²) >= 11 is 0. The van der Waals surface area contributed by atoms with Crippen molar-refractivity contribution in [2.75, 3.05) is 26.4 Å². The van der Waals surface area contributed by atoms with E-state index >= 15 is 4.79 Å². The molecule has 27 atom stereocenters. The summed E-state index contributed by atoms with van der Waals surface area (Å²) in [5, 5.41) is 119. The Morgan fingerprint density at radius 2 is 1.30 bits per heavy atom. The van der Waals surface area contributed by atoms with Gasteiger partial charge in [-0.25, -0.2) is 0 Å². The van der Waals surface area contributed by atoms with Crippen LogP contribution in [0.5, 0.6) is 0 Å². The number of allylic oxidation sites excluding steroid dienone is 2. The van der Waals surface area contributed by atoms with Crippen molar-refractivity contribution < 1.29 is 108 Å². The molecule has 4 heterocycles. The molecule has 0 aromatic carbocycles. The van der Waals surface area contributed by atoms with Crippen LogP contribution in [0, 0.1) is 50.2 Å². The van der Waals surface area contributed by atoms with E-state index in [1.807, 2.05) is 6.92 Å². The summed E-state index contributed by atoms with van der Waals surface area (Å²) in [6.45, 7) is 14.8. The van der Waals surface area contributed by atoms with Crippen molar-refractivity contribution in [2.45, 2.75) is 236 Å². The van der Waals surface area contributed by atoms with E-state index in [0.29, 0.717) is 38.5 Å². The third-order valence-corrected chi connectivity index (χ3v) is 21.0. The van der Waals surface area contributed by atoms with Gasteiger partial charge in [0.05, 0.1) is 44.1 Å². The Morgan fingerprint density at radius 3 is 2.00 bits per heavy atom. The number of hydrogen-bond acceptors (Lipinski definition) is 22. The SMILES string of the molecule is CC(=O)OC1C(O)COC(OCC2OC(OC(=O)C34CCC(C)(C)CC3C3=CCC5C6(C)CCC(OC7OCC(O)C(O)C7OC7OC(C)C(O)C(O)C7O)C(C)(CO)C6CCC5(C)C3(C)CC4)C(O)C(O)C2O)C1O. The van der Waals surface area contributed by atoms with Gasteiger partial charge in [0.1, 0.15) is 73.2 Å². The van der Waals surface area contributed by atoms with E-state index in [1.165, 1.54) is 12.5 Å². The Balaban J connectivity index is 0.926. The Hall–Kier alpha value is -2.04. The van der Waals surface area contributed by atoms with Gasteiger partial charge in [-0.15, -0.1) is 0 Å². The van der Waals surface area contributed by atoms with E-state index in [-0.39, 0.29) is 59.2 Å². The van der Waals surface area contributed by atoms with Crippen LogP contribution in [0.15, 0.2) is 11.6 Å². The van der Waals surface area contributed by atoms with E-state index < -0.39 is 146 Å². The minimum atomic E-state index is -1.82. The maximum atomic E-state index is 15.1. The topological polar surface area (TPSA) is 340 Å². The smallest absolute Gasteiger partial charge is 0.315 e. The molecule has 76 heavy (non-hydrogen) atoms. The van der Waals surface area contributed by atoms with Crippen LogP contribution in [-0.2, 0) is 52.2 Å². The molecule has 434 valence electrons. The highest BCUT2D eigenvalue weighted by Gasteiger charge is 2.71. The average Bonchev–Trinajstić information content (AvgIpc) is 3.39. The van der Waals surface area contributed by atoms with Crippen molar-refractivity contribution in [1.29, 1.82) is 0 Å². The molecule has 22 heteroatoms. The number of fused-ring (bicyclic) bond motifs is 7. The molecule has 0 aromatic heterocycles. The zero-order valence-electron chi connectivity index (χ0n) is 45.1. The third kappa shape index (κ3) is 9.73. The molecule has 0 bridgehead atoms. The monoisotopic (exact) mass is 1090 g/mol. The van der Waals surface area contributed by atoms with Crippen LogP contribution < -0.4 is 0 Å². The van der Waals surface area contributed by atoms with Crippen molar-refractivity contribution in [3.63, 3.8) is 0 Å². The van der Waals surface area contributed by atoms with Gasteiger partial charge >= 0.3 is 11.9 Å². The number of aliphatic hydroxyl groups excluding tert-OH is 11. The second-order valence-corrected chi connectivity index (χ2v) is 25.8. The first kappa shape index (κ1) is 58.6. The summed E-state index contributed by atoms with van der Waals surface area (Å²) < 4.78 is 52.9. The van der Waals surface area contributed by atoms with Crippen LogP contribution in [0.4, 0.5) is 0 Å². The molecule has 0 aromatic rings. The summed E-state index contributed by atoms with van der Waals surface area (Å²) in [5.74, 6) is -1.44. The zero-order chi connectivity index (χ0) is 55.4. The van der Waals surface area contributed by atoms with Crippen LogP contribution in [-0.4, -0.2) is 211 Å². The predicted octanol–water partition coefficient (Wildman–Crippen LogP) is -0.186. The van der Waals surface area contributed by atoms with Gasteiger partial charge in [-0.05, 0) is 111 Å². The third-order valence-electron chi connectivity index (χ3n) is 21.0. The fraction of sp³-hybridized carbons (Fsp3) is 0.926. The minimum absolute atomic E-state index is 0.0399. The lowest BCUT2D eigenvalue weighted by Gasteiger charge is -2.71. The molecular weight excluding hydrogens is 1000 g/mol. The molecule has 8 fully saturated rings. The largest absolute Gasteiger partial charge is 0.457 e. The molecule has 9 aliphatic rings. The van der Waals surface area contributed by atoms with E-state index in [9.17, 15) is 61.0 Å². The number of carbonyl (C=O) groups is 2. The quantitative estimate of drug-likeness (QED) is 0.0726. The van der Waals surface area contributed by atoms with Crippen LogP contribution in [0.25, 0.3) is 0 Å². The molecule has 4 saturated carbocycles. The summed E-state index contributed by atoms with van der Waals surface area (Å²) in [6, 6.07) is 0. The van der Waals surface area contributed by atoms with Crippen LogP contribution in [0.3, 0.4) is 0 Å². The zero-order valence-corrected chi connectivity index (χ0v) is 45.1. The van der Waals surface area contributed by atoms with Gasteiger partial charge in [0.2, 0.25) is 6.29 Å². The molecule has 0 amide bonds. The van der Waals surface area contributed by atoms with Gasteiger partial charge in [-0.3, -0.25) is 9.59 Å². The second-order valence-electron chi connectivity index (χ2n) is 25.8. The number of hydrogen-bond donors (Lipinski definition) is 11. The van der Waals surface area contributed by atoms with Crippen LogP contribution in [0.1, 0.15) is 120 Å². The first-order valence-electron chi connectivity index (χ1n) is 27.5. The molecular formula is C54H86O22. The average molecular weight is 1090 g/mol. The number of aliphatic hydroxyl groups is 11. The number of ether oxygens (including phenoxy) is 9. The Labute approximate surface area is 443 Å².